The van der Waals surface area contributed by atoms with Crippen LogP contribution in [0.2, 0.25) is 0 Å². The molecule has 0 saturated heterocycles. The quantitative estimate of drug-likeness (QED) is 0.635. The Kier molecular flexibility index (Phi) is 5.50. The molecule has 0 fully saturated rings. The molecule has 1 aliphatic carbocycles. The van der Waals surface area contributed by atoms with Crippen molar-refractivity contribution in [1.82, 2.24) is 25.5 Å². The van der Waals surface area contributed by atoms with Crippen molar-refractivity contribution >= 4 is 22.4 Å². The number of hydrogen-bond donors (Lipinski definition) is 1. The van der Waals surface area contributed by atoms with E-state index in [9.17, 15) is 9.18 Å². The lowest BCUT2D eigenvalue weighted by atomic mass is 10.00. The van der Waals surface area contributed by atoms with E-state index in [2.05, 4.69) is 20.6 Å². The predicted octanol–water partition coefficient (Wildman–Crippen LogP) is 4.52. The third-order valence-corrected chi connectivity index (χ3v) is 4.98. The molecule has 3 aromatic rings. The molecule has 1 amide bonds. The molecule has 1 aliphatic rings. The lowest BCUT2D eigenvalue weighted by Crippen LogP contribution is -2.30. The number of aromatic amines is 1. The number of allylic oxidation sites excluding steroid dienone is 3. The zero-order chi connectivity index (χ0) is 20.2. The van der Waals surface area contributed by atoms with Crippen LogP contribution in [0.1, 0.15) is 50.6 Å². The third-order valence-electron chi connectivity index (χ3n) is 4.98. The molecule has 0 aliphatic heterocycles. The first kappa shape index (κ1) is 19.0. The summed E-state index contributed by atoms with van der Waals surface area (Å²) in [6.07, 6.45) is 4.30. The average molecular weight is 395 g/mol. The van der Waals surface area contributed by atoms with Crippen LogP contribution in [0.25, 0.3) is 16.5 Å². The molecule has 0 saturated carbocycles. The van der Waals surface area contributed by atoms with E-state index < -0.39 is 0 Å². The summed E-state index contributed by atoms with van der Waals surface area (Å²) in [5.74, 6) is 0.644. The van der Waals surface area contributed by atoms with Gasteiger partial charge in [0.15, 0.2) is 5.82 Å². The van der Waals surface area contributed by atoms with E-state index in [1.165, 1.54) is 4.90 Å². The summed E-state index contributed by atoms with van der Waals surface area (Å²) in [4.78, 5) is 14.4. The van der Waals surface area contributed by atoms with Gasteiger partial charge in [0, 0.05) is 23.8 Å². The number of unbranched alkanes of at least 4 members (excludes halogenated alkanes) is 1. The Morgan fingerprint density at radius 2 is 2.17 bits per heavy atom. The first-order chi connectivity index (χ1) is 14.2. The molecule has 2 heterocycles. The largest absolute Gasteiger partial charge is 0.459 e. The molecule has 7 nitrogen and oxygen atoms in total. The van der Waals surface area contributed by atoms with Crippen LogP contribution >= 0.6 is 0 Å². The highest BCUT2D eigenvalue weighted by Crippen LogP contribution is 2.33. The number of amides is 1. The molecule has 0 unspecified atom stereocenters. The molecular formula is C21H22FN5O2. The Bertz CT molecular complexity index is 1030. The summed E-state index contributed by atoms with van der Waals surface area (Å²) >= 11 is 0. The Hall–Kier alpha value is -3.29. The van der Waals surface area contributed by atoms with Crippen LogP contribution in [0.5, 0.6) is 0 Å². The number of furan rings is 1. The van der Waals surface area contributed by atoms with Crippen molar-refractivity contribution in [2.75, 3.05) is 0 Å². The minimum atomic E-state index is -0.317. The summed E-state index contributed by atoms with van der Waals surface area (Å²) in [5, 5.41) is 14.7. The summed E-state index contributed by atoms with van der Waals surface area (Å²) in [6, 6.07) is 9.53. The molecule has 150 valence electrons. The van der Waals surface area contributed by atoms with Crippen LogP contribution in [-0.4, -0.2) is 31.4 Å². The van der Waals surface area contributed by atoms with E-state index >= 15 is 0 Å². The third kappa shape index (κ3) is 4.11. The molecule has 0 radical (unpaired) electrons. The highest BCUT2D eigenvalue weighted by Gasteiger charge is 2.26. The molecule has 1 N–H and O–H groups in total. The number of para-hydroxylation sites is 1. The number of rotatable bonds is 7. The molecule has 4 rings (SSSR count). The minimum absolute atomic E-state index is 0.134. The number of hydrogen-bond acceptors (Lipinski definition) is 5. The Morgan fingerprint density at radius 1 is 1.31 bits per heavy atom. The van der Waals surface area contributed by atoms with Crippen LogP contribution in [0, 0.1) is 0 Å². The zero-order valence-corrected chi connectivity index (χ0v) is 16.2. The summed E-state index contributed by atoms with van der Waals surface area (Å²) in [7, 11) is 0. The van der Waals surface area contributed by atoms with Crippen LogP contribution in [0.3, 0.4) is 0 Å². The van der Waals surface area contributed by atoms with E-state index in [0.717, 1.165) is 29.4 Å². The Balaban J connectivity index is 1.68. The van der Waals surface area contributed by atoms with Gasteiger partial charge in [0.05, 0.1) is 12.2 Å². The second kappa shape index (κ2) is 8.38. The predicted molar refractivity (Wildman–Crippen MR) is 106 cm³/mol. The number of nitrogens with zero attached hydrogens (tertiary/aromatic N) is 4. The van der Waals surface area contributed by atoms with Crippen molar-refractivity contribution in [3.8, 4) is 0 Å². The summed E-state index contributed by atoms with van der Waals surface area (Å²) in [5.41, 5.74) is 1.76. The van der Waals surface area contributed by atoms with Crippen molar-refractivity contribution in [2.45, 2.75) is 45.6 Å². The molecule has 0 bridgehead atoms. The molecule has 0 spiro atoms. The number of nitrogens with one attached hydrogen (secondary N) is 1. The highest BCUT2D eigenvalue weighted by molar-refractivity contribution is 5.81. The van der Waals surface area contributed by atoms with Crippen molar-refractivity contribution < 1.29 is 13.6 Å². The van der Waals surface area contributed by atoms with Gasteiger partial charge in [-0.1, -0.05) is 31.5 Å². The van der Waals surface area contributed by atoms with E-state index in [-0.39, 0.29) is 30.4 Å². The van der Waals surface area contributed by atoms with E-state index in [1.807, 2.05) is 37.3 Å². The molecular weight excluding hydrogens is 373 g/mol. The number of H-pyrrole nitrogens is 1. The van der Waals surface area contributed by atoms with Gasteiger partial charge in [0.2, 0.25) is 5.91 Å². The van der Waals surface area contributed by atoms with Gasteiger partial charge in [0.1, 0.15) is 17.2 Å². The maximum atomic E-state index is 14.9. The molecule has 1 aromatic carbocycles. The van der Waals surface area contributed by atoms with Gasteiger partial charge in [-0.25, -0.2) is 9.49 Å². The maximum absolute atomic E-state index is 14.9. The lowest BCUT2D eigenvalue weighted by Gasteiger charge is -2.26. The standard InChI is InChI=1S/C21H22FN5O2/c1-2-3-8-20(28)27(13-16-11-14-6-4-5-7-19(14)29-16)18-12-15(9-10-17(18)22)21-23-25-26-24-21/h4-7,11-12H,2-3,8-10,13H2,1H3,(H,23,24,25,26). The fourth-order valence-electron chi connectivity index (χ4n) is 3.44. The summed E-state index contributed by atoms with van der Waals surface area (Å²) < 4.78 is 20.7. The first-order valence-electron chi connectivity index (χ1n) is 9.77. The average Bonchev–Trinajstić information content (AvgIpc) is 3.40. The fourth-order valence-corrected chi connectivity index (χ4v) is 3.44. The first-order valence-corrected chi connectivity index (χ1v) is 9.77. The number of carbonyl (C=O) groups excluding carboxylic acids is 1. The van der Waals surface area contributed by atoms with Crippen molar-refractivity contribution in [2.24, 2.45) is 0 Å². The lowest BCUT2D eigenvalue weighted by molar-refractivity contribution is -0.130. The Morgan fingerprint density at radius 3 is 2.93 bits per heavy atom. The van der Waals surface area contributed by atoms with Gasteiger partial charge in [0.25, 0.3) is 0 Å². The monoisotopic (exact) mass is 395 g/mol. The number of fused-ring (bicyclic) bond motifs is 1. The van der Waals surface area contributed by atoms with Crippen molar-refractivity contribution in [1.29, 1.82) is 0 Å². The van der Waals surface area contributed by atoms with Gasteiger partial charge < -0.3 is 9.32 Å². The highest BCUT2D eigenvalue weighted by atomic mass is 19.1. The van der Waals surface area contributed by atoms with Gasteiger partial charge in [-0.05, 0) is 41.5 Å². The van der Waals surface area contributed by atoms with Crippen LogP contribution in [0.4, 0.5) is 4.39 Å². The second-order valence-corrected chi connectivity index (χ2v) is 7.04. The van der Waals surface area contributed by atoms with E-state index in [1.54, 1.807) is 6.08 Å². The van der Waals surface area contributed by atoms with Crippen molar-refractivity contribution in [3.05, 3.63) is 59.5 Å². The Labute approximate surface area is 167 Å². The van der Waals surface area contributed by atoms with Gasteiger partial charge in [-0.2, -0.15) is 0 Å². The number of aromatic nitrogens is 4. The van der Waals surface area contributed by atoms with Gasteiger partial charge >= 0.3 is 0 Å². The second-order valence-electron chi connectivity index (χ2n) is 7.04. The van der Waals surface area contributed by atoms with Gasteiger partial charge in [-0.3, -0.25) is 4.79 Å². The van der Waals surface area contributed by atoms with Crippen LogP contribution in [0.15, 0.2) is 52.3 Å². The molecule has 2 aromatic heterocycles. The number of carbonyl (C=O) groups is 1. The van der Waals surface area contributed by atoms with Crippen LogP contribution < -0.4 is 0 Å². The molecule has 29 heavy (non-hydrogen) atoms. The topological polar surface area (TPSA) is 87.9 Å². The molecule has 8 heteroatoms. The van der Waals surface area contributed by atoms with E-state index in [4.69, 9.17) is 4.42 Å². The SMILES string of the molecule is CCCCC(=O)N(Cc1cc2ccccc2o1)C1=C(F)CCC(c2nnn[nH]2)=C1. The zero-order valence-electron chi connectivity index (χ0n) is 16.2. The fraction of sp³-hybridized carbons (Fsp3) is 0.333. The van der Waals surface area contributed by atoms with Crippen molar-refractivity contribution in [3.63, 3.8) is 0 Å². The van der Waals surface area contributed by atoms with Crippen LogP contribution in [-0.2, 0) is 11.3 Å². The summed E-state index contributed by atoms with van der Waals surface area (Å²) in [6.45, 7) is 2.19. The smallest absolute Gasteiger partial charge is 0.227 e. The van der Waals surface area contributed by atoms with E-state index in [0.29, 0.717) is 24.4 Å². The molecule has 0 atom stereocenters. The number of tetrazole rings is 1. The van der Waals surface area contributed by atoms with Gasteiger partial charge in [-0.15, -0.1) is 5.10 Å². The minimum Gasteiger partial charge on any atom is -0.459 e. The number of halogens is 1. The number of benzene rings is 1. The normalized spacial score (nSPS) is 14.3. The maximum Gasteiger partial charge on any atom is 0.227 e.